The van der Waals surface area contributed by atoms with E-state index >= 15 is 0 Å². The molecule has 1 fully saturated rings. The molecule has 7 heteroatoms. The van der Waals surface area contributed by atoms with E-state index in [1.807, 2.05) is 55.1 Å². The van der Waals surface area contributed by atoms with Crippen LogP contribution in [0.1, 0.15) is 11.5 Å². The molecule has 0 unspecified atom stereocenters. The van der Waals surface area contributed by atoms with Gasteiger partial charge in [0.25, 0.3) is 5.89 Å². The zero-order chi connectivity index (χ0) is 17.8. The van der Waals surface area contributed by atoms with Crippen LogP contribution in [-0.2, 0) is 6.61 Å². The normalized spacial score (nSPS) is 14.4. The molecule has 0 N–H and O–H groups in total. The van der Waals surface area contributed by atoms with E-state index in [0.29, 0.717) is 11.7 Å². The number of benzene rings is 1. The molecule has 3 aromatic rings. The number of hydrogen-bond donors (Lipinski definition) is 0. The number of aromatic nitrogens is 3. The van der Waals surface area contributed by atoms with E-state index in [0.717, 1.165) is 41.7 Å². The maximum atomic E-state index is 5.67. The maximum Gasteiger partial charge on any atom is 0.264 e. The van der Waals surface area contributed by atoms with E-state index in [4.69, 9.17) is 9.26 Å². The van der Waals surface area contributed by atoms with Gasteiger partial charge in [0.1, 0.15) is 11.6 Å². The molecule has 3 heterocycles. The fourth-order valence-electron chi connectivity index (χ4n) is 2.71. The number of nitrogens with zero attached hydrogens (tertiary/aromatic N) is 4. The third-order valence-corrected chi connectivity index (χ3v) is 5.14. The molecule has 0 spiro atoms. The third-order valence-electron chi connectivity index (χ3n) is 4.19. The molecule has 2 aromatic heterocycles. The molecule has 26 heavy (non-hydrogen) atoms. The van der Waals surface area contributed by atoms with Gasteiger partial charge in [-0.15, -0.1) is 0 Å². The third kappa shape index (κ3) is 3.99. The van der Waals surface area contributed by atoms with Crippen LogP contribution in [0.4, 0.5) is 5.82 Å². The van der Waals surface area contributed by atoms with Crippen molar-refractivity contribution in [2.24, 2.45) is 0 Å². The van der Waals surface area contributed by atoms with Crippen LogP contribution in [0.3, 0.4) is 0 Å². The molecular weight excluding hydrogens is 348 g/mol. The Balaban J connectivity index is 1.39. The zero-order valence-electron chi connectivity index (χ0n) is 14.6. The summed E-state index contributed by atoms with van der Waals surface area (Å²) in [6.45, 7) is 4.37. The molecule has 0 radical (unpaired) electrons. The molecule has 1 aliphatic rings. The summed E-state index contributed by atoms with van der Waals surface area (Å²) in [5.74, 6) is 5.05. The predicted octanol–water partition coefficient (Wildman–Crippen LogP) is 3.57. The van der Waals surface area contributed by atoms with Crippen molar-refractivity contribution in [1.82, 2.24) is 15.1 Å². The molecule has 6 nitrogen and oxygen atoms in total. The van der Waals surface area contributed by atoms with E-state index in [1.54, 1.807) is 6.20 Å². The van der Waals surface area contributed by atoms with Crippen LogP contribution < -0.4 is 9.64 Å². The van der Waals surface area contributed by atoms with Crippen molar-refractivity contribution in [1.29, 1.82) is 0 Å². The Morgan fingerprint density at radius 1 is 1.12 bits per heavy atom. The minimum Gasteiger partial charge on any atom is -0.484 e. The Morgan fingerprint density at radius 2 is 1.92 bits per heavy atom. The topological polar surface area (TPSA) is 64.3 Å². The number of pyridine rings is 1. The lowest BCUT2D eigenvalue weighted by atomic mass is 10.2. The maximum absolute atomic E-state index is 5.67. The van der Waals surface area contributed by atoms with Crippen LogP contribution in [-0.4, -0.2) is 39.7 Å². The van der Waals surface area contributed by atoms with Crippen molar-refractivity contribution in [3.63, 3.8) is 0 Å². The first kappa shape index (κ1) is 16.9. The Kier molecular flexibility index (Phi) is 5.06. The Morgan fingerprint density at radius 3 is 2.65 bits per heavy atom. The second kappa shape index (κ2) is 7.78. The van der Waals surface area contributed by atoms with Gasteiger partial charge >= 0.3 is 0 Å². The summed E-state index contributed by atoms with van der Waals surface area (Å²) in [5.41, 5.74) is 2.03. The molecule has 4 rings (SSSR count). The number of ether oxygens (including phenoxy) is 1. The molecule has 1 aromatic carbocycles. The Bertz CT molecular complexity index is 843. The van der Waals surface area contributed by atoms with Crippen LogP contribution in [0.25, 0.3) is 11.4 Å². The van der Waals surface area contributed by atoms with Gasteiger partial charge < -0.3 is 14.2 Å². The predicted molar refractivity (Wildman–Crippen MR) is 103 cm³/mol. The highest BCUT2D eigenvalue weighted by atomic mass is 32.2. The first-order chi connectivity index (χ1) is 12.8. The first-order valence-electron chi connectivity index (χ1n) is 8.59. The van der Waals surface area contributed by atoms with Crippen LogP contribution in [0.2, 0.25) is 0 Å². The summed E-state index contributed by atoms with van der Waals surface area (Å²) < 4.78 is 11.0. The van der Waals surface area contributed by atoms with Gasteiger partial charge in [-0.05, 0) is 31.2 Å². The molecule has 0 bridgehead atoms. The highest BCUT2D eigenvalue weighted by Gasteiger charge is 2.14. The average Bonchev–Trinajstić information content (AvgIpc) is 3.17. The summed E-state index contributed by atoms with van der Waals surface area (Å²) in [5, 5.41) is 4.03. The van der Waals surface area contributed by atoms with Gasteiger partial charge in [0.2, 0.25) is 5.82 Å². The van der Waals surface area contributed by atoms with Crippen molar-refractivity contribution in [2.45, 2.75) is 13.5 Å². The SMILES string of the molecule is Cc1ccc(OCc2nc(-c3ccc(N4CCSCC4)nc3)no2)cc1. The number of hydrogen-bond acceptors (Lipinski definition) is 7. The lowest BCUT2D eigenvalue weighted by Crippen LogP contribution is -2.32. The molecule has 0 atom stereocenters. The zero-order valence-corrected chi connectivity index (χ0v) is 15.4. The summed E-state index contributed by atoms with van der Waals surface area (Å²) in [4.78, 5) is 11.3. The molecule has 0 amide bonds. The van der Waals surface area contributed by atoms with Gasteiger partial charge in [-0.1, -0.05) is 22.9 Å². The highest BCUT2D eigenvalue weighted by Crippen LogP contribution is 2.21. The van der Waals surface area contributed by atoms with Crippen molar-refractivity contribution in [2.75, 3.05) is 29.5 Å². The fourth-order valence-corrected chi connectivity index (χ4v) is 3.61. The average molecular weight is 368 g/mol. The smallest absolute Gasteiger partial charge is 0.264 e. The number of aryl methyl sites for hydroxylation is 1. The molecular formula is C19H20N4O2S. The highest BCUT2D eigenvalue weighted by molar-refractivity contribution is 7.99. The van der Waals surface area contributed by atoms with Crippen LogP contribution >= 0.6 is 11.8 Å². The van der Waals surface area contributed by atoms with Gasteiger partial charge in [-0.3, -0.25) is 0 Å². The summed E-state index contributed by atoms with van der Waals surface area (Å²) >= 11 is 1.99. The lowest BCUT2D eigenvalue weighted by molar-refractivity contribution is 0.243. The van der Waals surface area contributed by atoms with Crippen molar-refractivity contribution in [3.8, 4) is 17.1 Å². The quantitative estimate of drug-likeness (QED) is 0.682. The van der Waals surface area contributed by atoms with Gasteiger partial charge in [0.15, 0.2) is 6.61 Å². The van der Waals surface area contributed by atoms with Crippen molar-refractivity contribution < 1.29 is 9.26 Å². The van der Waals surface area contributed by atoms with E-state index in [2.05, 4.69) is 20.0 Å². The monoisotopic (exact) mass is 368 g/mol. The van der Waals surface area contributed by atoms with Gasteiger partial charge in [-0.2, -0.15) is 16.7 Å². The van der Waals surface area contributed by atoms with Gasteiger partial charge in [0.05, 0.1) is 0 Å². The second-order valence-electron chi connectivity index (χ2n) is 6.12. The number of anilines is 1. The molecule has 1 aliphatic heterocycles. The van der Waals surface area contributed by atoms with Gasteiger partial charge in [-0.25, -0.2) is 4.98 Å². The van der Waals surface area contributed by atoms with Crippen LogP contribution in [0.15, 0.2) is 47.1 Å². The Hall–Kier alpha value is -2.54. The molecule has 134 valence electrons. The van der Waals surface area contributed by atoms with E-state index in [1.165, 1.54) is 5.56 Å². The van der Waals surface area contributed by atoms with E-state index in [9.17, 15) is 0 Å². The fraction of sp³-hybridized carbons (Fsp3) is 0.316. The largest absolute Gasteiger partial charge is 0.484 e. The van der Waals surface area contributed by atoms with Crippen molar-refractivity contribution in [3.05, 3.63) is 54.0 Å². The number of rotatable bonds is 5. The molecule has 1 saturated heterocycles. The summed E-state index contributed by atoms with van der Waals surface area (Å²) in [6.07, 6.45) is 1.80. The Labute approximate surface area is 156 Å². The molecule has 0 saturated carbocycles. The van der Waals surface area contributed by atoms with Crippen molar-refractivity contribution >= 4 is 17.6 Å². The second-order valence-corrected chi connectivity index (χ2v) is 7.34. The minimum absolute atomic E-state index is 0.243. The van der Waals surface area contributed by atoms with Gasteiger partial charge in [0, 0.05) is 36.4 Å². The molecule has 0 aliphatic carbocycles. The number of thioether (sulfide) groups is 1. The minimum atomic E-state index is 0.243. The standard InChI is InChI=1S/C19H20N4O2S/c1-14-2-5-16(6-3-14)24-13-18-21-19(22-25-18)15-4-7-17(20-12-15)23-8-10-26-11-9-23/h2-7,12H,8-11,13H2,1H3. The summed E-state index contributed by atoms with van der Waals surface area (Å²) in [7, 11) is 0. The lowest BCUT2D eigenvalue weighted by Gasteiger charge is -2.27. The van der Waals surface area contributed by atoms with E-state index in [-0.39, 0.29) is 6.61 Å². The van der Waals surface area contributed by atoms with Crippen LogP contribution in [0.5, 0.6) is 5.75 Å². The van der Waals surface area contributed by atoms with Crippen LogP contribution in [0, 0.1) is 6.92 Å². The van der Waals surface area contributed by atoms with E-state index < -0.39 is 0 Å². The summed E-state index contributed by atoms with van der Waals surface area (Å²) in [6, 6.07) is 11.9. The first-order valence-corrected chi connectivity index (χ1v) is 9.74.